The van der Waals surface area contributed by atoms with Crippen LogP contribution in [0.2, 0.25) is 0 Å². The van der Waals surface area contributed by atoms with Crippen molar-refractivity contribution in [3.8, 4) is 0 Å². The minimum atomic E-state index is -2.86. The molecule has 4 heteroatoms. The molecule has 15 heavy (non-hydrogen) atoms. The molecule has 3 nitrogen and oxygen atoms in total. The highest BCUT2D eigenvalue weighted by Gasteiger charge is 2.48. The summed E-state index contributed by atoms with van der Waals surface area (Å²) in [5.74, 6) is 0.672. The van der Waals surface area contributed by atoms with Gasteiger partial charge in [0.2, 0.25) is 0 Å². The highest BCUT2D eigenvalue weighted by Crippen LogP contribution is 2.44. The molecule has 2 N–H and O–H groups in total. The lowest BCUT2D eigenvalue weighted by Gasteiger charge is -2.26. The van der Waals surface area contributed by atoms with Crippen LogP contribution in [0.3, 0.4) is 0 Å². The monoisotopic (exact) mass is 231 g/mol. The number of hydrogen-bond acceptors (Lipinski definition) is 3. The third-order valence-electron chi connectivity index (χ3n) is 4.40. The smallest absolute Gasteiger partial charge is 0.155 e. The SMILES string of the molecule is CC1(C)C(CCC2(N)CC2)CCS1(=O)=O. The molecule has 0 radical (unpaired) electrons. The van der Waals surface area contributed by atoms with Crippen molar-refractivity contribution >= 4 is 9.84 Å². The van der Waals surface area contributed by atoms with Crippen LogP contribution in [0.5, 0.6) is 0 Å². The van der Waals surface area contributed by atoms with E-state index < -0.39 is 14.6 Å². The molecule has 1 saturated carbocycles. The van der Waals surface area contributed by atoms with Crippen LogP contribution in [0.1, 0.15) is 46.0 Å². The second-order valence-electron chi connectivity index (χ2n) is 5.81. The van der Waals surface area contributed by atoms with Crippen LogP contribution in [-0.4, -0.2) is 24.5 Å². The molecule has 0 amide bonds. The van der Waals surface area contributed by atoms with Crippen LogP contribution in [0, 0.1) is 5.92 Å². The summed E-state index contributed by atoms with van der Waals surface area (Å²) in [6.07, 6.45) is 5.03. The lowest BCUT2D eigenvalue weighted by Crippen LogP contribution is -2.34. The Bertz CT molecular complexity index is 355. The predicted molar refractivity (Wildman–Crippen MR) is 61.4 cm³/mol. The quantitative estimate of drug-likeness (QED) is 0.800. The van der Waals surface area contributed by atoms with E-state index in [1.807, 2.05) is 13.8 Å². The fraction of sp³-hybridized carbons (Fsp3) is 1.00. The molecule has 0 bridgehead atoms. The molecule has 2 rings (SSSR count). The van der Waals surface area contributed by atoms with E-state index >= 15 is 0 Å². The first-order chi connectivity index (χ1) is 6.77. The second kappa shape index (κ2) is 3.20. The Labute approximate surface area is 92.3 Å². The van der Waals surface area contributed by atoms with Gasteiger partial charge in [-0.2, -0.15) is 0 Å². The third-order valence-corrected chi connectivity index (χ3v) is 7.11. The summed E-state index contributed by atoms with van der Waals surface area (Å²) in [7, 11) is -2.86. The highest BCUT2D eigenvalue weighted by molar-refractivity contribution is 7.93. The van der Waals surface area contributed by atoms with Crippen LogP contribution in [0.15, 0.2) is 0 Å². The Hall–Kier alpha value is -0.0900. The summed E-state index contributed by atoms with van der Waals surface area (Å²) in [6.45, 7) is 3.74. The first-order valence-electron chi connectivity index (χ1n) is 5.78. The highest BCUT2D eigenvalue weighted by atomic mass is 32.2. The largest absolute Gasteiger partial charge is 0.325 e. The summed E-state index contributed by atoms with van der Waals surface area (Å²) in [6, 6.07) is 0. The molecule has 1 aliphatic heterocycles. The van der Waals surface area contributed by atoms with E-state index in [4.69, 9.17) is 5.73 Å². The molecule has 1 saturated heterocycles. The van der Waals surface area contributed by atoms with Crippen molar-refractivity contribution in [2.75, 3.05) is 5.75 Å². The maximum absolute atomic E-state index is 11.8. The van der Waals surface area contributed by atoms with Gasteiger partial charge in [0.1, 0.15) is 0 Å². The molecule has 0 aromatic heterocycles. The van der Waals surface area contributed by atoms with Gasteiger partial charge in [-0.15, -0.1) is 0 Å². The van der Waals surface area contributed by atoms with Crippen LogP contribution in [-0.2, 0) is 9.84 Å². The van der Waals surface area contributed by atoms with Crippen molar-refractivity contribution in [3.63, 3.8) is 0 Å². The Morgan fingerprint density at radius 3 is 2.33 bits per heavy atom. The van der Waals surface area contributed by atoms with Crippen molar-refractivity contribution in [2.45, 2.75) is 56.2 Å². The van der Waals surface area contributed by atoms with Crippen LogP contribution in [0.4, 0.5) is 0 Å². The molecule has 0 aromatic carbocycles. The summed E-state index contributed by atoms with van der Waals surface area (Å²) >= 11 is 0. The summed E-state index contributed by atoms with van der Waals surface area (Å²) in [4.78, 5) is 0. The van der Waals surface area contributed by atoms with Crippen molar-refractivity contribution in [1.29, 1.82) is 0 Å². The van der Waals surface area contributed by atoms with Gasteiger partial charge >= 0.3 is 0 Å². The molecule has 1 unspecified atom stereocenters. The molecule has 2 fully saturated rings. The van der Waals surface area contributed by atoms with Crippen molar-refractivity contribution in [2.24, 2.45) is 11.7 Å². The van der Waals surface area contributed by atoms with E-state index in [0.717, 1.165) is 32.1 Å². The minimum Gasteiger partial charge on any atom is -0.325 e. The van der Waals surface area contributed by atoms with Gasteiger partial charge in [-0.05, 0) is 51.9 Å². The van der Waals surface area contributed by atoms with E-state index in [1.54, 1.807) is 0 Å². The normalized spacial score (nSPS) is 35.3. The molecule has 0 spiro atoms. The molecule has 1 atom stereocenters. The first kappa shape index (κ1) is 11.4. The average Bonchev–Trinajstić information content (AvgIpc) is 2.78. The van der Waals surface area contributed by atoms with E-state index in [2.05, 4.69) is 0 Å². The molecule has 2 aliphatic rings. The zero-order valence-corrected chi connectivity index (χ0v) is 10.4. The predicted octanol–water partition coefficient (Wildman–Crippen LogP) is 1.47. The van der Waals surface area contributed by atoms with Crippen molar-refractivity contribution in [3.05, 3.63) is 0 Å². The van der Waals surface area contributed by atoms with Gasteiger partial charge in [0.15, 0.2) is 9.84 Å². The van der Waals surface area contributed by atoms with Gasteiger partial charge in [0.05, 0.1) is 10.5 Å². The lowest BCUT2D eigenvalue weighted by atomic mass is 9.87. The Kier molecular flexibility index (Phi) is 2.43. The fourth-order valence-electron chi connectivity index (χ4n) is 2.53. The van der Waals surface area contributed by atoms with E-state index in [-0.39, 0.29) is 5.54 Å². The van der Waals surface area contributed by atoms with Crippen molar-refractivity contribution < 1.29 is 8.42 Å². The maximum atomic E-state index is 11.8. The standard InChI is InChI=1S/C11H21NO2S/c1-10(2)9(4-8-15(10,13)14)3-5-11(12)6-7-11/h9H,3-8,12H2,1-2H3. The Morgan fingerprint density at radius 1 is 1.33 bits per heavy atom. The van der Waals surface area contributed by atoms with Gasteiger partial charge in [-0.1, -0.05) is 0 Å². The first-order valence-corrected chi connectivity index (χ1v) is 7.43. The zero-order valence-electron chi connectivity index (χ0n) is 9.62. The Balaban J connectivity index is 1.99. The summed E-state index contributed by atoms with van der Waals surface area (Å²) in [5, 5.41) is 0. The number of hydrogen-bond donors (Lipinski definition) is 1. The molecule has 0 aromatic rings. The minimum absolute atomic E-state index is 0.0580. The third kappa shape index (κ3) is 1.94. The molecule has 1 heterocycles. The van der Waals surface area contributed by atoms with Gasteiger partial charge < -0.3 is 5.73 Å². The Morgan fingerprint density at radius 2 is 1.93 bits per heavy atom. The van der Waals surface area contributed by atoms with Gasteiger partial charge in [-0.3, -0.25) is 0 Å². The maximum Gasteiger partial charge on any atom is 0.155 e. The van der Waals surface area contributed by atoms with Gasteiger partial charge in [0, 0.05) is 5.54 Å². The molecule has 1 aliphatic carbocycles. The molecule has 88 valence electrons. The number of rotatable bonds is 3. The zero-order chi connectivity index (χ0) is 11.3. The summed E-state index contributed by atoms with van der Waals surface area (Å²) < 4.78 is 23.1. The molecular formula is C11H21NO2S. The van der Waals surface area contributed by atoms with E-state index in [0.29, 0.717) is 11.7 Å². The number of sulfone groups is 1. The van der Waals surface area contributed by atoms with Gasteiger partial charge in [0.25, 0.3) is 0 Å². The average molecular weight is 231 g/mol. The topological polar surface area (TPSA) is 60.2 Å². The van der Waals surface area contributed by atoms with Crippen molar-refractivity contribution in [1.82, 2.24) is 0 Å². The van der Waals surface area contributed by atoms with E-state index in [9.17, 15) is 8.42 Å². The van der Waals surface area contributed by atoms with Crippen LogP contribution >= 0.6 is 0 Å². The fourth-order valence-corrected chi connectivity index (χ4v) is 4.39. The van der Waals surface area contributed by atoms with Crippen LogP contribution < -0.4 is 5.73 Å². The second-order valence-corrected chi connectivity index (χ2v) is 8.50. The van der Waals surface area contributed by atoms with Gasteiger partial charge in [-0.25, -0.2) is 8.42 Å². The summed E-state index contributed by atoms with van der Waals surface area (Å²) in [5.41, 5.74) is 6.09. The lowest BCUT2D eigenvalue weighted by molar-refractivity contribution is 0.365. The number of nitrogens with two attached hydrogens (primary N) is 1. The molecular weight excluding hydrogens is 210 g/mol. The van der Waals surface area contributed by atoms with E-state index in [1.165, 1.54) is 0 Å². The van der Waals surface area contributed by atoms with Crippen LogP contribution in [0.25, 0.3) is 0 Å².